The lowest BCUT2D eigenvalue weighted by Gasteiger charge is -2.06. The number of nitrogens with one attached hydrogen (secondary N) is 1. The van der Waals surface area contributed by atoms with E-state index in [9.17, 15) is 13.2 Å². The van der Waals surface area contributed by atoms with Gasteiger partial charge in [0.05, 0.1) is 28.0 Å². The van der Waals surface area contributed by atoms with Gasteiger partial charge in [0.15, 0.2) is 15.0 Å². The molecule has 3 aromatic rings. The molecule has 3 rings (SSSR count). The molecule has 0 unspecified atom stereocenters. The minimum absolute atomic E-state index is 0.0923. The number of benzene rings is 2. The zero-order valence-electron chi connectivity index (χ0n) is 16.0. The highest BCUT2D eigenvalue weighted by Crippen LogP contribution is 2.28. The molecule has 0 aliphatic heterocycles. The molecule has 0 radical (unpaired) electrons. The summed E-state index contributed by atoms with van der Waals surface area (Å²) in [7, 11) is -1.91. The third kappa shape index (κ3) is 4.69. The molecule has 148 valence electrons. The number of thiazole rings is 1. The molecule has 8 heteroatoms. The van der Waals surface area contributed by atoms with Crippen LogP contribution in [-0.4, -0.2) is 32.2 Å². The van der Waals surface area contributed by atoms with Crippen LogP contribution in [0.2, 0.25) is 0 Å². The molecule has 2 aromatic carbocycles. The fourth-order valence-electron chi connectivity index (χ4n) is 2.74. The Kier molecular flexibility index (Phi) is 6.00. The zero-order chi connectivity index (χ0) is 20.3. The Bertz CT molecular complexity index is 1060. The summed E-state index contributed by atoms with van der Waals surface area (Å²) in [5.74, 6) is 0.266. The predicted molar refractivity (Wildman–Crippen MR) is 112 cm³/mol. The molecule has 0 aliphatic carbocycles. The molecular weight excluding hydrogens is 396 g/mol. The quantitative estimate of drug-likeness (QED) is 0.624. The smallest absolute Gasteiger partial charge is 0.226 e. The van der Waals surface area contributed by atoms with Gasteiger partial charge in [-0.1, -0.05) is 11.3 Å². The van der Waals surface area contributed by atoms with Gasteiger partial charge < -0.3 is 10.1 Å². The number of hydrogen-bond donors (Lipinski definition) is 1. The summed E-state index contributed by atoms with van der Waals surface area (Å²) in [5.41, 5.74) is 3.18. The maximum absolute atomic E-state index is 12.4. The average molecular weight is 419 g/mol. The number of nitrogens with zero attached hydrogens (tertiary/aromatic N) is 1. The maximum atomic E-state index is 12.4. The van der Waals surface area contributed by atoms with E-state index in [0.717, 1.165) is 15.8 Å². The Balaban J connectivity index is 1.56. The Labute approximate surface area is 168 Å². The molecule has 1 N–H and O–H groups in total. The summed E-state index contributed by atoms with van der Waals surface area (Å²) in [4.78, 5) is 16.8. The number of amides is 1. The topological polar surface area (TPSA) is 85.4 Å². The summed E-state index contributed by atoms with van der Waals surface area (Å²) in [6.07, 6.45) is 0.354. The van der Waals surface area contributed by atoms with E-state index in [2.05, 4.69) is 16.4 Å². The molecule has 0 fully saturated rings. The Morgan fingerprint density at radius 2 is 1.82 bits per heavy atom. The van der Waals surface area contributed by atoms with Crippen molar-refractivity contribution in [2.45, 2.75) is 31.6 Å². The number of anilines is 1. The van der Waals surface area contributed by atoms with Crippen molar-refractivity contribution in [3.05, 3.63) is 47.5 Å². The van der Waals surface area contributed by atoms with Gasteiger partial charge >= 0.3 is 0 Å². The molecule has 6 nitrogen and oxygen atoms in total. The van der Waals surface area contributed by atoms with Crippen molar-refractivity contribution < 1.29 is 17.9 Å². The van der Waals surface area contributed by atoms with Crippen molar-refractivity contribution in [1.82, 2.24) is 4.98 Å². The molecule has 1 aromatic heterocycles. The van der Waals surface area contributed by atoms with E-state index in [4.69, 9.17) is 4.74 Å². The number of aromatic nitrogens is 1. The van der Waals surface area contributed by atoms with Gasteiger partial charge in [-0.2, -0.15) is 0 Å². The molecule has 0 saturated heterocycles. The normalized spacial score (nSPS) is 11.5. The lowest BCUT2D eigenvalue weighted by atomic mass is 10.1. The number of carbonyl (C=O) groups excluding carboxylic acids is 1. The third-order valence-electron chi connectivity index (χ3n) is 4.49. The van der Waals surface area contributed by atoms with Gasteiger partial charge in [0.25, 0.3) is 0 Å². The molecule has 1 heterocycles. The van der Waals surface area contributed by atoms with Gasteiger partial charge in [-0.15, -0.1) is 0 Å². The summed E-state index contributed by atoms with van der Waals surface area (Å²) < 4.78 is 30.8. The van der Waals surface area contributed by atoms with E-state index in [1.807, 2.05) is 19.9 Å². The van der Waals surface area contributed by atoms with E-state index in [1.165, 1.54) is 36.1 Å². The molecule has 0 spiro atoms. The van der Waals surface area contributed by atoms with Gasteiger partial charge in [-0.05, 0) is 67.8 Å². The molecule has 0 saturated carbocycles. The molecule has 0 bridgehead atoms. The average Bonchev–Trinajstić information content (AvgIpc) is 3.02. The van der Waals surface area contributed by atoms with E-state index in [-0.39, 0.29) is 29.4 Å². The van der Waals surface area contributed by atoms with Crippen LogP contribution in [0.4, 0.5) is 5.13 Å². The van der Waals surface area contributed by atoms with Gasteiger partial charge in [0.2, 0.25) is 5.91 Å². The third-order valence-corrected chi connectivity index (χ3v) is 7.24. The zero-order valence-corrected chi connectivity index (χ0v) is 17.6. The predicted octanol–water partition coefficient (Wildman–Crippen LogP) is 4.11. The van der Waals surface area contributed by atoms with Crippen molar-refractivity contribution in [2.75, 3.05) is 18.2 Å². The second-order valence-corrected chi connectivity index (χ2v) is 9.71. The summed E-state index contributed by atoms with van der Waals surface area (Å²) in [6, 6.07) is 10.3. The van der Waals surface area contributed by atoms with Gasteiger partial charge in [-0.25, -0.2) is 13.4 Å². The second kappa shape index (κ2) is 8.28. The van der Waals surface area contributed by atoms with Crippen molar-refractivity contribution in [3.8, 4) is 5.75 Å². The first kappa shape index (κ1) is 20.3. The fraction of sp³-hybridized carbons (Fsp3) is 0.300. The SMILES string of the molecule is COc1ccc(S(=O)(=O)CCCC(=O)Nc2nc3cc(C)c(C)cc3s2)cc1. The lowest BCUT2D eigenvalue weighted by Crippen LogP contribution is -2.14. The molecule has 1 amide bonds. The molecule has 0 atom stereocenters. The van der Waals surface area contributed by atoms with Crippen LogP contribution in [0.25, 0.3) is 10.2 Å². The minimum Gasteiger partial charge on any atom is -0.497 e. The number of aryl methyl sites for hydroxylation is 2. The minimum atomic E-state index is -3.43. The Morgan fingerprint density at radius 3 is 2.50 bits per heavy atom. The van der Waals surface area contributed by atoms with Crippen LogP contribution in [0, 0.1) is 13.8 Å². The Morgan fingerprint density at radius 1 is 1.14 bits per heavy atom. The van der Waals surface area contributed by atoms with Crippen molar-refractivity contribution in [2.24, 2.45) is 0 Å². The van der Waals surface area contributed by atoms with Crippen molar-refractivity contribution in [3.63, 3.8) is 0 Å². The number of sulfone groups is 1. The first-order valence-electron chi connectivity index (χ1n) is 8.83. The van der Waals surface area contributed by atoms with Crippen LogP contribution in [0.3, 0.4) is 0 Å². The summed E-state index contributed by atoms with van der Waals surface area (Å²) in [5, 5.41) is 3.30. The summed E-state index contributed by atoms with van der Waals surface area (Å²) in [6.45, 7) is 4.06. The van der Waals surface area contributed by atoms with Gasteiger partial charge in [-0.3, -0.25) is 4.79 Å². The van der Waals surface area contributed by atoms with Gasteiger partial charge in [0.1, 0.15) is 5.75 Å². The van der Waals surface area contributed by atoms with Crippen LogP contribution < -0.4 is 10.1 Å². The Hall–Kier alpha value is -2.45. The maximum Gasteiger partial charge on any atom is 0.226 e. The number of hydrogen-bond acceptors (Lipinski definition) is 6. The van der Waals surface area contributed by atoms with Crippen LogP contribution in [0.5, 0.6) is 5.75 Å². The number of carbonyl (C=O) groups is 1. The van der Waals surface area contributed by atoms with Crippen molar-refractivity contribution >= 4 is 42.4 Å². The standard InChI is InChI=1S/C20H22N2O4S2/c1-13-11-17-18(12-14(13)2)27-20(21-17)22-19(23)5-4-10-28(24,25)16-8-6-15(26-3)7-9-16/h6-9,11-12H,4-5,10H2,1-3H3,(H,21,22,23). The molecular formula is C20H22N2O4S2. The van der Waals surface area contributed by atoms with Crippen LogP contribution >= 0.6 is 11.3 Å². The van der Waals surface area contributed by atoms with Crippen LogP contribution in [0.1, 0.15) is 24.0 Å². The number of rotatable bonds is 7. The highest BCUT2D eigenvalue weighted by atomic mass is 32.2. The van der Waals surface area contributed by atoms with Crippen molar-refractivity contribution in [1.29, 1.82) is 0 Å². The van der Waals surface area contributed by atoms with E-state index in [0.29, 0.717) is 10.9 Å². The molecule has 0 aliphatic rings. The van der Waals surface area contributed by atoms with E-state index >= 15 is 0 Å². The lowest BCUT2D eigenvalue weighted by molar-refractivity contribution is -0.116. The first-order valence-corrected chi connectivity index (χ1v) is 11.3. The van der Waals surface area contributed by atoms with Crippen LogP contribution in [0.15, 0.2) is 41.3 Å². The van der Waals surface area contributed by atoms with Gasteiger partial charge in [0, 0.05) is 6.42 Å². The monoisotopic (exact) mass is 418 g/mol. The highest BCUT2D eigenvalue weighted by molar-refractivity contribution is 7.91. The second-order valence-electron chi connectivity index (χ2n) is 6.57. The van der Waals surface area contributed by atoms with Crippen LogP contribution in [-0.2, 0) is 14.6 Å². The first-order chi connectivity index (χ1) is 13.3. The van der Waals surface area contributed by atoms with E-state index in [1.54, 1.807) is 12.1 Å². The number of ether oxygens (including phenoxy) is 1. The van der Waals surface area contributed by atoms with E-state index < -0.39 is 9.84 Å². The largest absolute Gasteiger partial charge is 0.497 e. The molecule has 28 heavy (non-hydrogen) atoms. The number of fused-ring (bicyclic) bond motifs is 1. The highest BCUT2D eigenvalue weighted by Gasteiger charge is 2.16. The summed E-state index contributed by atoms with van der Waals surface area (Å²) >= 11 is 1.41. The number of methoxy groups -OCH3 is 1. The fourth-order valence-corrected chi connectivity index (χ4v) is 5.01.